The Labute approximate surface area is 123 Å². The van der Waals surface area contributed by atoms with Crippen molar-refractivity contribution in [2.45, 2.75) is 6.61 Å². The Morgan fingerprint density at radius 3 is 2.45 bits per heavy atom. The van der Waals surface area contributed by atoms with Crippen molar-refractivity contribution in [3.8, 4) is 23.0 Å². The van der Waals surface area contributed by atoms with Crippen LogP contribution in [0.15, 0.2) is 36.4 Å². The lowest BCUT2D eigenvalue weighted by Crippen LogP contribution is -2.03. The lowest BCUT2D eigenvalue weighted by Gasteiger charge is -2.13. The van der Waals surface area contributed by atoms with Gasteiger partial charge in [-0.2, -0.15) is 8.78 Å². The third kappa shape index (κ3) is 3.43. The van der Waals surface area contributed by atoms with Crippen LogP contribution in [0.1, 0.15) is 0 Å². The predicted octanol–water partition coefficient (Wildman–Crippen LogP) is 5.09. The number of phenolic OH excluding ortho intramolecular Hbond substituents is 1. The van der Waals surface area contributed by atoms with Gasteiger partial charge in [0.15, 0.2) is 11.5 Å². The molecule has 2 aromatic rings. The van der Waals surface area contributed by atoms with Crippen LogP contribution < -0.4 is 9.47 Å². The molecule has 2 aromatic carbocycles. The normalized spacial score (nSPS) is 10.7. The molecule has 3 nitrogen and oxygen atoms in total. The minimum atomic E-state index is -3.03. The zero-order valence-electron chi connectivity index (χ0n) is 9.82. The van der Waals surface area contributed by atoms with Crippen molar-refractivity contribution in [3.05, 3.63) is 46.4 Å². The van der Waals surface area contributed by atoms with Crippen LogP contribution in [0.25, 0.3) is 0 Å². The molecule has 0 spiro atoms. The zero-order chi connectivity index (χ0) is 14.7. The lowest BCUT2D eigenvalue weighted by atomic mass is 10.3. The molecule has 0 heterocycles. The molecule has 0 amide bonds. The van der Waals surface area contributed by atoms with E-state index in [4.69, 9.17) is 27.9 Å². The zero-order valence-corrected chi connectivity index (χ0v) is 11.3. The number of hydrogen-bond acceptors (Lipinski definition) is 3. The lowest BCUT2D eigenvalue weighted by molar-refractivity contribution is -0.0511. The first-order valence-corrected chi connectivity index (χ1v) is 6.12. The monoisotopic (exact) mass is 320 g/mol. The number of rotatable bonds is 4. The fourth-order valence-corrected chi connectivity index (χ4v) is 1.74. The number of benzene rings is 2. The Bertz CT molecular complexity index is 621. The molecule has 0 aliphatic carbocycles. The fourth-order valence-electron chi connectivity index (χ4n) is 1.45. The second kappa shape index (κ2) is 6.15. The average molecular weight is 321 g/mol. The highest BCUT2D eigenvalue weighted by Crippen LogP contribution is 2.41. The van der Waals surface area contributed by atoms with Crippen LogP contribution in [0.4, 0.5) is 8.78 Å². The van der Waals surface area contributed by atoms with Crippen LogP contribution >= 0.6 is 23.2 Å². The van der Waals surface area contributed by atoms with E-state index >= 15 is 0 Å². The number of aromatic hydroxyl groups is 1. The molecule has 0 fully saturated rings. The molecule has 0 radical (unpaired) electrons. The Balaban J connectivity index is 2.34. The molecule has 0 unspecified atom stereocenters. The number of para-hydroxylation sites is 1. The third-order valence-electron chi connectivity index (χ3n) is 2.29. The van der Waals surface area contributed by atoms with Gasteiger partial charge in [-0.3, -0.25) is 0 Å². The second-order valence-corrected chi connectivity index (χ2v) is 4.48. The van der Waals surface area contributed by atoms with Gasteiger partial charge in [-0.05, 0) is 24.3 Å². The maximum absolute atomic E-state index is 12.3. The van der Waals surface area contributed by atoms with Crippen LogP contribution in [0.3, 0.4) is 0 Å². The molecule has 2 rings (SSSR count). The Morgan fingerprint density at radius 1 is 1.05 bits per heavy atom. The van der Waals surface area contributed by atoms with Gasteiger partial charge in [0, 0.05) is 6.07 Å². The highest BCUT2D eigenvalue weighted by atomic mass is 35.5. The van der Waals surface area contributed by atoms with E-state index in [0.29, 0.717) is 5.02 Å². The van der Waals surface area contributed by atoms with Crippen LogP contribution in [-0.2, 0) is 0 Å². The maximum atomic E-state index is 12.3. The van der Waals surface area contributed by atoms with E-state index < -0.39 is 6.61 Å². The molecule has 0 aliphatic heterocycles. The van der Waals surface area contributed by atoms with Gasteiger partial charge in [0.2, 0.25) is 5.75 Å². The minimum Gasteiger partial charge on any atom is -0.504 e. The fraction of sp³-hybridized carbons (Fsp3) is 0.0769. The van der Waals surface area contributed by atoms with Gasteiger partial charge < -0.3 is 14.6 Å². The Kier molecular flexibility index (Phi) is 4.52. The van der Waals surface area contributed by atoms with E-state index in [0.717, 1.165) is 0 Å². The summed E-state index contributed by atoms with van der Waals surface area (Å²) in [5.74, 6) is -0.633. The summed E-state index contributed by atoms with van der Waals surface area (Å²) in [6.07, 6.45) is 0. The summed E-state index contributed by atoms with van der Waals surface area (Å²) >= 11 is 11.6. The van der Waals surface area contributed by atoms with Crippen LogP contribution in [0.2, 0.25) is 10.0 Å². The van der Waals surface area contributed by atoms with Gasteiger partial charge in [-0.15, -0.1) is 0 Å². The molecule has 0 aromatic heterocycles. The van der Waals surface area contributed by atoms with Gasteiger partial charge >= 0.3 is 6.61 Å². The van der Waals surface area contributed by atoms with Crippen LogP contribution in [0, 0.1) is 0 Å². The standard InChI is InChI=1S/C13H8Cl2F2O3/c14-8-5-4-7(6-9(8)15)19-12-10(18)2-1-3-11(12)20-13(16)17/h1-6,13,18H. The molecule has 20 heavy (non-hydrogen) atoms. The Morgan fingerprint density at radius 2 is 1.80 bits per heavy atom. The first-order chi connectivity index (χ1) is 9.47. The first kappa shape index (κ1) is 14.7. The number of alkyl halides is 2. The van der Waals surface area contributed by atoms with E-state index in [1.54, 1.807) is 0 Å². The van der Waals surface area contributed by atoms with Crippen LogP contribution in [0.5, 0.6) is 23.0 Å². The van der Waals surface area contributed by atoms with Crippen molar-refractivity contribution in [1.82, 2.24) is 0 Å². The minimum absolute atomic E-state index is 0.222. The molecule has 0 saturated heterocycles. The first-order valence-electron chi connectivity index (χ1n) is 5.37. The summed E-state index contributed by atoms with van der Waals surface area (Å²) in [4.78, 5) is 0. The van der Waals surface area contributed by atoms with Crippen molar-refractivity contribution >= 4 is 23.2 Å². The van der Waals surface area contributed by atoms with Crippen LogP contribution in [-0.4, -0.2) is 11.7 Å². The van der Waals surface area contributed by atoms with Gasteiger partial charge in [0.1, 0.15) is 5.75 Å². The van der Waals surface area contributed by atoms with E-state index in [2.05, 4.69) is 4.74 Å². The van der Waals surface area contributed by atoms with E-state index in [1.807, 2.05) is 0 Å². The van der Waals surface area contributed by atoms with E-state index in [-0.39, 0.29) is 28.0 Å². The number of hydrogen-bond donors (Lipinski definition) is 1. The van der Waals surface area contributed by atoms with Gasteiger partial charge in [-0.1, -0.05) is 29.3 Å². The molecule has 0 aliphatic rings. The summed E-state index contributed by atoms with van der Waals surface area (Å²) < 4.78 is 34.2. The summed E-state index contributed by atoms with van der Waals surface area (Å²) in [6.45, 7) is -3.03. The number of halogens is 4. The van der Waals surface area contributed by atoms with Crippen molar-refractivity contribution in [3.63, 3.8) is 0 Å². The van der Waals surface area contributed by atoms with Gasteiger partial charge in [-0.25, -0.2) is 0 Å². The number of phenols is 1. The molecule has 0 bridgehead atoms. The summed E-state index contributed by atoms with van der Waals surface area (Å²) in [5, 5.41) is 10.2. The molecule has 0 atom stereocenters. The van der Waals surface area contributed by atoms with E-state index in [1.165, 1.54) is 36.4 Å². The number of ether oxygens (including phenoxy) is 2. The van der Waals surface area contributed by atoms with Crippen molar-refractivity contribution in [1.29, 1.82) is 0 Å². The maximum Gasteiger partial charge on any atom is 0.387 e. The smallest absolute Gasteiger partial charge is 0.387 e. The summed E-state index contributed by atoms with van der Waals surface area (Å²) in [5.41, 5.74) is 0. The second-order valence-electron chi connectivity index (χ2n) is 3.66. The average Bonchev–Trinajstić information content (AvgIpc) is 2.37. The quantitative estimate of drug-likeness (QED) is 0.852. The Hall–Kier alpha value is -1.72. The largest absolute Gasteiger partial charge is 0.504 e. The highest BCUT2D eigenvalue weighted by Gasteiger charge is 2.15. The van der Waals surface area contributed by atoms with Crippen molar-refractivity contribution in [2.24, 2.45) is 0 Å². The molecule has 7 heteroatoms. The predicted molar refractivity (Wildman–Crippen MR) is 71.3 cm³/mol. The molecule has 0 saturated carbocycles. The van der Waals surface area contributed by atoms with Gasteiger partial charge in [0.25, 0.3) is 0 Å². The molecular weight excluding hydrogens is 313 g/mol. The third-order valence-corrected chi connectivity index (χ3v) is 3.02. The summed E-state index contributed by atoms with van der Waals surface area (Å²) in [6, 6.07) is 8.24. The molecule has 106 valence electrons. The SMILES string of the molecule is Oc1cccc(OC(F)F)c1Oc1ccc(Cl)c(Cl)c1. The topological polar surface area (TPSA) is 38.7 Å². The molecule has 1 N–H and O–H groups in total. The van der Waals surface area contributed by atoms with Gasteiger partial charge in [0.05, 0.1) is 10.0 Å². The van der Waals surface area contributed by atoms with Crippen molar-refractivity contribution < 1.29 is 23.4 Å². The van der Waals surface area contributed by atoms with Crippen molar-refractivity contribution in [2.75, 3.05) is 0 Å². The molecular formula is C13H8Cl2F2O3. The van der Waals surface area contributed by atoms with E-state index in [9.17, 15) is 13.9 Å². The highest BCUT2D eigenvalue weighted by molar-refractivity contribution is 6.42. The summed E-state index contributed by atoms with van der Waals surface area (Å²) in [7, 11) is 0.